The lowest BCUT2D eigenvalue weighted by molar-refractivity contribution is 0.0946. The van der Waals surface area contributed by atoms with Gasteiger partial charge in [0.25, 0.3) is 5.91 Å². The summed E-state index contributed by atoms with van der Waals surface area (Å²) in [4.78, 5) is 27.2. The van der Waals surface area contributed by atoms with Crippen molar-refractivity contribution in [1.82, 2.24) is 20.5 Å². The second-order valence-corrected chi connectivity index (χ2v) is 7.50. The first-order valence-electron chi connectivity index (χ1n) is 8.78. The minimum atomic E-state index is -1.31. The lowest BCUT2D eigenvalue weighted by Crippen LogP contribution is -2.23. The largest absolute Gasteiger partial charge is 0.356 e. The molecule has 2 aromatic heterocycles. The van der Waals surface area contributed by atoms with E-state index in [4.69, 9.17) is 0 Å². The van der Waals surface area contributed by atoms with Gasteiger partial charge >= 0.3 is 0 Å². The molecule has 0 aliphatic heterocycles. The number of aromatic nitrogens is 3. The van der Waals surface area contributed by atoms with Gasteiger partial charge in [-0.15, -0.1) is 10.2 Å². The van der Waals surface area contributed by atoms with E-state index in [0.717, 1.165) is 17.6 Å². The van der Waals surface area contributed by atoms with Crippen LogP contribution >= 0.6 is 11.3 Å². The fraction of sp³-hybridized carbons (Fsp3) is 0.263. The van der Waals surface area contributed by atoms with E-state index in [1.165, 1.54) is 17.4 Å². The smallest absolute Gasteiger partial charge is 0.268 e. The van der Waals surface area contributed by atoms with Gasteiger partial charge in [-0.2, -0.15) is 0 Å². The normalized spacial score (nSPS) is 12.0. The quantitative estimate of drug-likeness (QED) is 0.564. The first-order chi connectivity index (χ1) is 13.8. The minimum absolute atomic E-state index is 0.0305. The van der Waals surface area contributed by atoms with Crippen molar-refractivity contribution in [2.24, 2.45) is 0 Å². The molecule has 152 valence electrons. The third kappa shape index (κ3) is 4.53. The van der Waals surface area contributed by atoms with Gasteiger partial charge in [0.05, 0.1) is 12.1 Å². The summed E-state index contributed by atoms with van der Waals surface area (Å²) in [6.45, 7) is 4.23. The molecule has 29 heavy (non-hydrogen) atoms. The number of benzene rings is 1. The zero-order valence-electron chi connectivity index (χ0n) is 15.6. The number of nitrogens with one attached hydrogen (secondary N) is 2. The number of H-pyrrole nitrogens is 1. The summed E-state index contributed by atoms with van der Waals surface area (Å²) < 4.78 is 40.6. The lowest BCUT2D eigenvalue weighted by atomic mass is 10.0. The van der Waals surface area contributed by atoms with Crippen LogP contribution in [0.25, 0.3) is 0 Å². The number of amides is 1. The van der Waals surface area contributed by atoms with Crippen LogP contribution in [-0.2, 0) is 6.54 Å². The van der Waals surface area contributed by atoms with Crippen LogP contribution in [0, 0.1) is 17.5 Å². The molecule has 0 aliphatic rings. The highest BCUT2D eigenvalue weighted by Gasteiger charge is 2.22. The van der Waals surface area contributed by atoms with Gasteiger partial charge in [-0.3, -0.25) is 9.59 Å². The second kappa shape index (κ2) is 8.56. The molecule has 3 rings (SSSR count). The summed E-state index contributed by atoms with van der Waals surface area (Å²) in [6.07, 6.45) is 2.08. The highest BCUT2D eigenvalue weighted by molar-refractivity contribution is 7.11. The van der Waals surface area contributed by atoms with Gasteiger partial charge in [0.2, 0.25) is 0 Å². The number of nitrogens with zero attached hydrogens (tertiary/aromatic N) is 2. The molecule has 6 nitrogen and oxygen atoms in total. The van der Waals surface area contributed by atoms with Crippen LogP contribution in [0.4, 0.5) is 13.2 Å². The van der Waals surface area contributed by atoms with E-state index in [1.807, 2.05) is 13.8 Å². The van der Waals surface area contributed by atoms with E-state index in [-0.39, 0.29) is 23.7 Å². The third-order valence-electron chi connectivity index (χ3n) is 4.34. The van der Waals surface area contributed by atoms with E-state index in [2.05, 4.69) is 20.5 Å². The monoisotopic (exact) mass is 422 g/mol. The Balaban J connectivity index is 1.69. The van der Waals surface area contributed by atoms with Crippen LogP contribution < -0.4 is 5.32 Å². The fourth-order valence-corrected chi connectivity index (χ4v) is 3.44. The zero-order valence-corrected chi connectivity index (χ0v) is 16.4. The van der Waals surface area contributed by atoms with Crippen molar-refractivity contribution in [2.75, 3.05) is 0 Å². The van der Waals surface area contributed by atoms with Gasteiger partial charge < -0.3 is 10.3 Å². The highest BCUT2D eigenvalue weighted by Crippen LogP contribution is 2.22. The summed E-state index contributed by atoms with van der Waals surface area (Å²) in [5.74, 6) is -5.00. The Labute approximate surface area is 168 Å². The Kier molecular flexibility index (Phi) is 6.12. The van der Waals surface area contributed by atoms with Gasteiger partial charge in [0, 0.05) is 29.8 Å². The maximum Gasteiger partial charge on any atom is 0.268 e. The second-order valence-electron chi connectivity index (χ2n) is 6.40. The first-order valence-corrected chi connectivity index (χ1v) is 9.60. The van der Waals surface area contributed by atoms with Crippen molar-refractivity contribution >= 4 is 23.0 Å². The molecule has 1 amide bonds. The summed E-state index contributed by atoms with van der Waals surface area (Å²) in [6, 6.07) is 2.02. The SMILES string of the molecule is CCC(C)c1nnc(CNC(=O)c2cc(C(=O)c3c(F)cc(F)cc3F)c[nH]2)s1. The molecule has 2 N–H and O–H groups in total. The number of halogens is 3. The van der Waals surface area contributed by atoms with Crippen molar-refractivity contribution in [2.45, 2.75) is 32.7 Å². The zero-order chi connectivity index (χ0) is 21.1. The molecular weight excluding hydrogens is 405 g/mol. The molecule has 0 saturated heterocycles. The molecule has 0 saturated carbocycles. The molecule has 1 atom stereocenters. The van der Waals surface area contributed by atoms with Crippen LogP contribution in [0.5, 0.6) is 0 Å². The molecule has 3 aromatic rings. The molecular formula is C19H17F3N4O2S. The van der Waals surface area contributed by atoms with E-state index in [1.54, 1.807) is 0 Å². The number of aromatic amines is 1. The van der Waals surface area contributed by atoms with Crippen LogP contribution in [-0.4, -0.2) is 26.9 Å². The topological polar surface area (TPSA) is 87.7 Å². The molecule has 2 heterocycles. The van der Waals surface area contributed by atoms with Crippen molar-refractivity contribution in [3.63, 3.8) is 0 Å². The molecule has 0 aliphatic carbocycles. The Hall–Kier alpha value is -3.01. The van der Waals surface area contributed by atoms with Crippen LogP contribution in [0.2, 0.25) is 0 Å². The van der Waals surface area contributed by atoms with Gasteiger partial charge in [-0.1, -0.05) is 25.2 Å². The van der Waals surface area contributed by atoms with Crippen molar-refractivity contribution < 1.29 is 22.8 Å². The predicted octanol–water partition coefficient (Wildman–Crippen LogP) is 3.96. The molecule has 0 spiro atoms. The maximum absolute atomic E-state index is 13.8. The average molecular weight is 422 g/mol. The third-order valence-corrected chi connectivity index (χ3v) is 5.50. The van der Waals surface area contributed by atoms with E-state index < -0.39 is 34.7 Å². The Morgan fingerprint density at radius 1 is 1.17 bits per heavy atom. The molecule has 10 heteroatoms. The number of carbonyl (C=O) groups excluding carboxylic acids is 2. The summed E-state index contributed by atoms with van der Waals surface area (Å²) in [7, 11) is 0. The molecule has 1 unspecified atom stereocenters. The molecule has 0 bridgehead atoms. The van der Waals surface area contributed by atoms with Crippen molar-refractivity contribution in [3.8, 4) is 0 Å². The standard InChI is InChI=1S/C19H17F3N4O2S/c1-3-9(2)19-26-25-15(29-19)8-24-18(28)14-4-10(7-23-14)17(27)16-12(21)5-11(20)6-13(16)22/h4-7,9,23H,3,8H2,1-2H3,(H,24,28). The molecule has 0 fully saturated rings. The van der Waals surface area contributed by atoms with Crippen molar-refractivity contribution in [1.29, 1.82) is 0 Å². The maximum atomic E-state index is 13.8. The molecule has 1 aromatic carbocycles. The summed E-state index contributed by atoms with van der Waals surface area (Å²) in [5.41, 5.74) is -0.985. The Morgan fingerprint density at radius 3 is 2.52 bits per heavy atom. The Bertz CT molecular complexity index is 1040. The number of ketones is 1. The fourth-order valence-electron chi connectivity index (χ4n) is 2.52. The van der Waals surface area contributed by atoms with Gasteiger partial charge in [0.15, 0.2) is 5.78 Å². The number of carbonyl (C=O) groups is 2. The van der Waals surface area contributed by atoms with E-state index in [9.17, 15) is 22.8 Å². The number of hydrogen-bond donors (Lipinski definition) is 2. The van der Waals surface area contributed by atoms with Gasteiger partial charge in [0.1, 0.15) is 33.2 Å². The molecule has 0 radical (unpaired) electrons. The summed E-state index contributed by atoms with van der Waals surface area (Å²) in [5, 5.41) is 12.3. The van der Waals surface area contributed by atoms with Crippen LogP contribution in [0.3, 0.4) is 0 Å². The van der Waals surface area contributed by atoms with Crippen LogP contribution in [0.1, 0.15) is 62.6 Å². The van der Waals surface area contributed by atoms with Gasteiger partial charge in [-0.05, 0) is 12.5 Å². The van der Waals surface area contributed by atoms with Crippen molar-refractivity contribution in [3.05, 3.63) is 68.7 Å². The number of hydrogen-bond acceptors (Lipinski definition) is 5. The first kappa shape index (κ1) is 20.7. The van der Waals surface area contributed by atoms with E-state index >= 15 is 0 Å². The summed E-state index contributed by atoms with van der Waals surface area (Å²) >= 11 is 1.40. The van der Waals surface area contributed by atoms with Crippen LogP contribution in [0.15, 0.2) is 24.4 Å². The van der Waals surface area contributed by atoms with E-state index in [0.29, 0.717) is 17.1 Å². The highest BCUT2D eigenvalue weighted by atomic mass is 32.1. The lowest BCUT2D eigenvalue weighted by Gasteiger charge is -2.03. The number of rotatable bonds is 7. The van der Waals surface area contributed by atoms with Gasteiger partial charge in [-0.25, -0.2) is 13.2 Å². The predicted molar refractivity (Wildman–Crippen MR) is 100 cm³/mol. The Morgan fingerprint density at radius 2 is 1.86 bits per heavy atom. The average Bonchev–Trinajstić information content (AvgIpc) is 3.34. The minimum Gasteiger partial charge on any atom is -0.356 e.